The van der Waals surface area contributed by atoms with E-state index in [9.17, 15) is 9.59 Å². The third kappa shape index (κ3) is 5.47. The summed E-state index contributed by atoms with van der Waals surface area (Å²) in [5, 5.41) is 8.91. The molecule has 0 heterocycles. The molecule has 120 valence electrons. The van der Waals surface area contributed by atoms with Crippen LogP contribution < -0.4 is 16.0 Å². The Kier molecular flexibility index (Phi) is 5.84. The molecule has 0 radical (unpaired) electrons. The minimum absolute atomic E-state index is 0.148. The quantitative estimate of drug-likeness (QED) is 0.769. The van der Waals surface area contributed by atoms with Gasteiger partial charge in [0, 0.05) is 24.2 Å². The molecule has 23 heavy (non-hydrogen) atoms. The lowest BCUT2D eigenvalue weighted by Gasteiger charge is -2.10. The number of benzene rings is 2. The van der Waals surface area contributed by atoms with Crippen molar-refractivity contribution in [2.45, 2.75) is 13.5 Å². The van der Waals surface area contributed by atoms with Gasteiger partial charge in [0.2, 0.25) is 5.91 Å². The lowest BCUT2D eigenvalue weighted by molar-refractivity contribution is -0.114. The fourth-order valence-corrected chi connectivity index (χ4v) is 2.36. The lowest BCUT2D eigenvalue weighted by atomic mass is 10.2. The smallest absolute Gasteiger partial charge is 0.319 e. The molecular weight excluding hydrogens is 337 g/mol. The van der Waals surface area contributed by atoms with Crippen molar-refractivity contribution >= 4 is 46.5 Å². The summed E-state index contributed by atoms with van der Waals surface area (Å²) in [6, 6.07) is 11.6. The topological polar surface area (TPSA) is 70.2 Å². The molecule has 3 N–H and O–H groups in total. The number of amides is 3. The van der Waals surface area contributed by atoms with E-state index in [4.69, 9.17) is 23.2 Å². The Morgan fingerprint density at radius 2 is 1.83 bits per heavy atom. The number of urea groups is 1. The molecule has 0 bridgehead atoms. The van der Waals surface area contributed by atoms with Crippen LogP contribution in [0.1, 0.15) is 12.5 Å². The Labute approximate surface area is 144 Å². The van der Waals surface area contributed by atoms with Gasteiger partial charge >= 0.3 is 6.03 Å². The number of hydrogen-bond acceptors (Lipinski definition) is 2. The van der Waals surface area contributed by atoms with Crippen LogP contribution in [0.15, 0.2) is 42.5 Å². The van der Waals surface area contributed by atoms with Crippen LogP contribution in [0, 0.1) is 0 Å². The van der Waals surface area contributed by atoms with Gasteiger partial charge in [-0.05, 0) is 35.9 Å². The highest BCUT2D eigenvalue weighted by atomic mass is 35.5. The molecule has 0 saturated heterocycles. The van der Waals surface area contributed by atoms with Gasteiger partial charge in [0.05, 0.1) is 10.7 Å². The van der Waals surface area contributed by atoms with Crippen LogP contribution in [0.4, 0.5) is 16.2 Å². The SMILES string of the molecule is CC(=O)Nc1cccc(CNC(=O)Nc2ccc(Cl)cc2Cl)c1. The first-order chi connectivity index (χ1) is 10.9. The molecule has 2 rings (SSSR count). The van der Waals surface area contributed by atoms with Crippen molar-refractivity contribution in [3.63, 3.8) is 0 Å². The maximum absolute atomic E-state index is 11.9. The summed E-state index contributed by atoms with van der Waals surface area (Å²) in [5.74, 6) is -0.148. The first-order valence-electron chi connectivity index (χ1n) is 6.80. The maximum Gasteiger partial charge on any atom is 0.319 e. The van der Waals surface area contributed by atoms with Gasteiger partial charge in [-0.2, -0.15) is 0 Å². The second-order valence-corrected chi connectivity index (χ2v) is 5.66. The lowest BCUT2D eigenvalue weighted by Crippen LogP contribution is -2.28. The first kappa shape index (κ1) is 17.1. The molecule has 0 aliphatic carbocycles. The van der Waals surface area contributed by atoms with Gasteiger partial charge in [-0.1, -0.05) is 35.3 Å². The van der Waals surface area contributed by atoms with Crippen molar-refractivity contribution in [1.29, 1.82) is 0 Å². The highest BCUT2D eigenvalue weighted by Crippen LogP contribution is 2.25. The molecule has 0 saturated carbocycles. The number of carbonyl (C=O) groups excluding carboxylic acids is 2. The largest absolute Gasteiger partial charge is 0.334 e. The van der Waals surface area contributed by atoms with Crippen LogP contribution >= 0.6 is 23.2 Å². The van der Waals surface area contributed by atoms with Crippen molar-refractivity contribution in [2.75, 3.05) is 10.6 Å². The second-order valence-electron chi connectivity index (χ2n) is 4.81. The van der Waals surface area contributed by atoms with Crippen molar-refractivity contribution in [3.8, 4) is 0 Å². The molecule has 2 aromatic carbocycles. The van der Waals surface area contributed by atoms with Gasteiger partial charge in [0.15, 0.2) is 0 Å². The van der Waals surface area contributed by atoms with E-state index >= 15 is 0 Å². The number of halogens is 2. The number of hydrogen-bond donors (Lipinski definition) is 3. The third-order valence-corrected chi connectivity index (χ3v) is 3.43. The van der Waals surface area contributed by atoms with E-state index in [-0.39, 0.29) is 11.9 Å². The van der Waals surface area contributed by atoms with Crippen LogP contribution in [0.3, 0.4) is 0 Å². The van der Waals surface area contributed by atoms with Crippen LogP contribution in [0.5, 0.6) is 0 Å². The van der Waals surface area contributed by atoms with E-state index in [2.05, 4.69) is 16.0 Å². The van der Waals surface area contributed by atoms with Crippen molar-refractivity contribution in [1.82, 2.24) is 5.32 Å². The molecule has 7 heteroatoms. The van der Waals surface area contributed by atoms with Crippen LogP contribution in [-0.2, 0) is 11.3 Å². The third-order valence-electron chi connectivity index (χ3n) is 2.88. The zero-order valence-corrected chi connectivity index (χ0v) is 13.8. The molecule has 0 aliphatic rings. The predicted octanol–water partition coefficient (Wildman–Crippen LogP) is 4.27. The molecule has 0 fully saturated rings. The van der Waals surface area contributed by atoms with Crippen LogP contribution in [0.2, 0.25) is 10.0 Å². The highest BCUT2D eigenvalue weighted by molar-refractivity contribution is 6.36. The fourth-order valence-electron chi connectivity index (χ4n) is 1.90. The van der Waals surface area contributed by atoms with E-state index < -0.39 is 0 Å². The van der Waals surface area contributed by atoms with Crippen molar-refractivity contribution < 1.29 is 9.59 Å². The molecule has 0 aromatic heterocycles. The van der Waals surface area contributed by atoms with Crippen molar-refractivity contribution in [3.05, 3.63) is 58.1 Å². The monoisotopic (exact) mass is 351 g/mol. The Hall–Kier alpha value is -2.24. The Bertz CT molecular complexity index is 735. The van der Waals surface area contributed by atoms with E-state index in [1.54, 1.807) is 36.4 Å². The maximum atomic E-state index is 11.9. The van der Waals surface area contributed by atoms with Gasteiger partial charge < -0.3 is 16.0 Å². The van der Waals surface area contributed by atoms with Gasteiger partial charge in [0.25, 0.3) is 0 Å². The second kappa shape index (κ2) is 7.85. The van der Waals surface area contributed by atoms with E-state index in [1.165, 1.54) is 6.92 Å². The minimum atomic E-state index is -0.390. The van der Waals surface area contributed by atoms with E-state index in [1.807, 2.05) is 6.07 Å². The van der Waals surface area contributed by atoms with E-state index in [0.717, 1.165) is 5.56 Å². The minimum Gasteiger partial charge on any atom is -0.334 e. The zero-order valence-electron chi connectivity index (χ0n) is 12.3. The van der Waals surface area contributed by atoms with Gasteiger partial charge in [-0.25, -0.2) is 4.79 Å². The van der Waals surface area contributed by atoms with Gasteiger partial charge in [-0.3, -0.25) is 4.79 Å². The van der Waals surface area contributed by atoms with Crippen molar-refractivity contribution in [2.24, 2.45) is 0 Å². The summed E-state index contributed by atoms with van der Waals surface area (Å²) in [5.41, 5.74) is 2.01. The molecule has 3 amide bonds. The number of nitrogens with one attached hydrogen (secondary N) is 3. The average molecular weight is 352 g/mol. The zero-order chi connectivity index (χ0) is 16.8. The molecule has 0 atom stereocenters. The molecule has 5 nitrogen and oxygen atoms in total. The van der Waals surface area contributed by atoms with Gasteiger partial charge in [-0.15, -0.1) is 0 Å². The molecule has 2 aromatic rings. The summed E-state index contributed by atoms with van der Waals surface area (Å²) in [7, 11) is 0. The normalized spacial score (nSPS) is 10.0. The summed E-state index contributed by atoms with van der Waals surface area (Å²) < 4.78 is 0. The highest BCUT2D eigenvalue weighted by Gasteiger charge is 2.06. The summed E-state index contributed by atoms with van der Waals surface area (Å²) in [6.07, 6.45) is 0. The average Bonchev–Trinajstić information content (AvgIpc) is 2.48. The molecule has 0 aliphatic heterocycles. The Morgan fingerprint density at radius 3 is 2.52 bits per heavy atom. The van der Waals surface area contributed by atoms with Gasteiger partial charge in [0.1, 0.15) is 0 Å². The number of rotatable bonds is 4. The summed E-state index contributed by atoms with van der Waals surface area (Å²) in [6.45, 7) is 1.75. The standard InChI is InChI=1S/C16H15Cl2N3O2/c1-10(22)20-13-4-2-3-11(7-13)9-19-16(23)21-15-6-5-12(17)8-14(15)18/h2-8H,9H2,1H3,(H,20,22)(H2,19,21,23). The first-order valence-corrected chi connectivity index (χ1v) is 7.56. The van der Waals surface area contributed by atoms with Crippen LogP contribution in [0.25, 0.3) is 0 Å². The Morgan fingerprint density at radius 1 is 1.04 bits per heavy atom. The summed E-state index contributed by atoms with van der Waals surface area (Å²) >= 11 is 11.8. The van der Waals surface area contributed by atoms with E-state index in [0.29, 0.717) is 28.0 Å². The Balaban J connectivity index is 1.92. The molecule has 0 unspecified atom stereocenters. The number of carbonyl (C=O) groups is 2. The number of anilines is 2. The predicted molar refractivity (Wildman–Crippen MR) is 93.1 cm³/mol. The fraction of sp³-hybridized carbons (Fsp3) is 0.125. The molecular formula is C16H15Cl2N3O2. The summed E-state index contributed by atoms with van der Waals surface area (Å²) in [4.78, 5) is 22.9. The molecule has 0 spiro atoms. The van der Waals surface area contributed by atoms with Crippen LogP contribution in [-0.4, -0.2) is 11.9 Å².